The van der Waals surface area contributed by atoms with E-state index in [2.05, 4.69) is 63.0 Å². The summed E-state index contributed by atoms with van der Waals surface area (Å²) in [6.45, 7) is 0. The number of nitrogens with zero attached hydrogens (tertiary/aromatic N) is 4. The van der Waals surface area contributed by atoms with Crippen LogP contribution in [0.4, 0.5) is 35.1 Å². The maximum atomic E-state index is 14.4. The second-order valence-corrected chi connectivity index (χ2v) is 16.8. The van der Waals surface area contributed by atoms with Gasteiger partial charge in [0.25, 0.3) is 5.91 Å². The zero-order valence-electron chi connectivity index (χ0n) is 30.8. The second kappa shape index (κ2) is 18.6. The molecule has 3 amide bonds. The zero-order chi connectivity index (χ0) is 41.1. The first-order valence-corrected chi connectivity index (χ1v) is 19.2. The van der Waals surface area contributed by atoms with Crippen molar-refractivity contribution in [2.24, 2.45) is 26.2 Å². The Bertz CT molecular complexity index is 2200. The van der Waals surface area contributed by atoms with Crippen LogP contribution in [0.2, 0.25) is 0 Å². The van der Waals surface area contributed by atoms with E-state index in [4.69, 9.17) is 15.5 Å². The Labute approximate surface area is 358 Å². The number of nitrogens with two attached hydrogens (primary N) is 1. The van der Waals surface area contributed by atoms with Crippen molar-refractivity contribution in [1.29, 1.82) is 0 Å². The van der Waals surface area contributed by atoms with Gasteiger partial charge < -0.3 is 50.8 Å². The lowest BCUT2D eigenvalue weighted by atomic mass is 9.96. The Hall–Kier alpha value is -3.61. The zero-order valence-corrected chi connectivity index (χ0v) is 37.0. The topological polar surface area (TPSA) is 354 Å². The summed E-state index contributed by atoms with van der Waals surface area (Å²) in [4.78, 5) is 58.1. The molecule has 3 aromatic carbocycles. The van der Waals surface area contributed by atoms with E-state index in [-0.39, 0.29) is 43.8 Å². The molecule has 0 radical (unpaired) electrons. The Kier molecular flexibility index (Phi) is 16.8. The average Bonchev–Trinajstić information content (AvgIpc) is 3.96. The monoisotopic (exact) mass is 1110 g/mol. The van der Waals surface area contributed by atoms with E-state index in [1.54, 1.807) is 22.6 Å². The van der Waals surface area contributed by atoms with E-state index in [1.807, 2.05) is 0 Å². The molecule has 0 saturated carbocycles. The fourth-order valence-corrected chi connectivity index (χ4v) is 7.83. The highest BCUT2D eigenvalue weighted by atomic mass is 125. The Morgan fingerprint density at radius 1 is 0.746 bits per heavy atom. The van der Waals surface area contributed by atoms with E-state index < -0.39 is 106 Å². The minimum absolute atomic E-state index is 0. The van der Waals surface area contributed by atoms with Gasteiger partial charge >= 0.3 is 36.9 Å². The lowest BCUT2D eigenvalue weighted by molar-refractivity contribution is -0.166. The van der Waals surface area contributed by atoms with Gasteiger partial charge in [-0.3, -0.25) is 18.9 Å². The molecule has 59 heavy (non-hydrogen) atoms. The number of amides is 3. The summed E-state index contributed by atoms with van der Waals surface area (Å²) in [6.07, 6.45) is -11.0. The molecule has 17 nitrogen and oxygen atoms in total. The molecule has 0 bridgehead atoms. The van der Waals surface area contributed by atoms with Crippen LogP contribution >= 0.6 is 62.0 Å². The van der Waals surface area contributed by atoms with Gasteiger partial charge in [-0.05, 0) is 70.1 Å². The minimum atomic E-state index is -5.97. The Morgan fingerprint density at radius 2 is 1.25 bits per heavy atom. The molecule has 3 aromatic rings. The molecule has 0 aromatic heterocycles. The lowest BCUT2D eigenvalue weighted by Crippen LogP contribution is -2.54. The van der Waals surface area contributed by atoms with E-state index in [0.717, 1.165) is 36.4 Å². The third-order valence-electron chi connectivity index (χ3n) is 8.20. The molecule has 5 rings (SSSR count). The average molecular weight is 1120 g/mol. The maximum Gasteiger partial charge on any atom is 0.442 e. The standard InChI is InChI=1S/C30H21Br2F8IN7O6P.4H3N/c31-17-4-13(3-15(10-17)26(45-46-26)29(35,36)37)7-22(44-24(50)14-8-16(11-18(41)9-14)27(47-48-27)30(38,39)40)25(51)43-21(23(42)49)6-12-1-2-19(20(32)5-12)28(33,34)55(52,53)54;;;;/h1-5,8-11,21-22H,6-7H2,(H2,42,49)(H,43,51)(H,44,50)(H2,52,53,54);4*1H3/p+4/t21-,22-;;;;/m0..../s1/i41-2;;;;. The summed E-state index contributed by atoms with van der Waals surface area (Å²) in [5, 5.41) is 17.2. The normalized spacial score (nSPS) is 15.8. The summed E-state index contributed by atoms with van der Waals surface area (Å²) in [5.74, 6) is -3.49. The van der Waals surface area contributed by atoms with Crippen molar-refractivity contribution in [1.82, 2.24) is 35.2 Å². The molecule has 2 atom stereocenters. The van der Waals surface area contributed by atoms with E-state index in [9.17, 15) is 54.1 Å². The number of carbonyl (C=O) groups is 3. The van der Waals surface area contributed by atoms with Crippen LogP contribution in [-0.2, 0) is 44.0 Å². The van der Waals surface area contributed by atoms with E-state index >= 15 is 0 Å². The van der Waals surface area contributed by atoms with Crippen molar-refractivity contribution in [2.75, 3.05) is 0 Å². The van der Waals surface area contributed by atoms with Crippen molar-refractivity contribution in [3.63, 3.8) is 0 Å². The number of hydrogen-bond donors (Lipinski definition) is 9. The molecule has 0 spiro atoms. The highest BCUT2D eigenvalue weighted by Crippen LogP contribution is 2.60. The Balaban J connectivity index is 0.00000435. The molecule has 22 N–H and O–H groups in total. The van der Waals surface area contributed by atoms with Gasteiger partial charge in [-0.15, -0.1) is 20.5 Å². The van der Waals surface area contributed by atoms with Gasteiger partial charge in [0, 0.05) is 47.6 Å². The number of hydrogen-bond acceptors (Lipinski definition) is 8. The summed E-state index contributed by atoms with van der Waals surface area (Å²) in [7, 11) is -5.97. The molecule has 2 aliphatic rings. The van der Waals surface area contributed by atoms with Crippen LogP contribution in [0.3, 0.4) is 0 Å². The molecule has 2 heterocycles. The number of quaternary nitrogens is 4. The quantitative estimate of drug-likeness (QED) is 0.0459. The largest absolute Gasteiger partial charge is 0.442 e. The predicted octanol–water partition coefficient (Wildman–Crippen LogP) is 8.46. The van der Waals surface area contributed by atoms with Crippen LogP contribution in [0, 0.1) is 3.57 Å². The van der Waals surface area contributed by atoms with Gasteiger partial charge in [0.2, 0.25) is 11.8 Å². The fraction of sp³-hybridized carbons (Fsp3) is 0.300. The van der Waals surface area contributed by atoms with Crippen LogP contribution in [0.15, 0.2) is 84.0 Å². The first-order valence-electron chi connectivity index (χ1n) is 15.0. The predicted molar refractivity (Wildman–Crippen MR) is 212 cm³/mol. The minimum Gasteiger partial charge on any atom is -0.369 e. The summed E-state index contributed by atoms with van der Waals surface area (Å²) < 4.78 is 123. The highest BCUT2D eigenvalue weighted by molar-refractivity contribution is 14.1. The van der Waals surface area contributed by atoms with Crippen molar-refractivity contribution in [3.05, 3.63) is 100 Å². The summed E-state index contributed by atoms with van der Waals surface area (Å²) >= 11 is 7.54. The molecule has 0 saturated heterocycles. The third kappa shape index (κ3) is 11.0. The number of alkyl halides is 8. The maximum absolute atomic E-state index is 14.4. The van der Waals surface area contributed by atoms with Crippen molar-refractivity contribution < 1.29 is 63.9 Å². The molecular weight excluding hydrogens is 1080 g/mol. The molecule has 0 fully saturated rings. The molecule has 29 heteroatoms. The van der Waals surface area contributed by atoms with Gasteiger partial charge in [0.1, 0.15) is 12.1 Å². The van der Waals surface area contributed by atoms with Gasteiger partial charge in [-0.1, -0.05) is 50.1 Å². The molecule has 0 aliphatic carbocycles. The van der Waals surface area contributed by atoms with Gasteiger partial charge in [-0.25, -0.2) is 0 Å². The van der Waals surface area contributed by atoms with Gasteiger partial charge in [-0.2, -0.15) is 35.1 Å². The number of primary amides is 1. The van der Waals surface area contributed by atoms with Crippen molar-refractivity contribution >= 4 is 79.8 Å². The van der Waals surface area contributed by atoms with Crippen LogP contribution in [0.5, 0.6) is 0 Å². The van der Waals surface area contributed by atoms with Crippen LogP contribution in [0.25, 0.3) is 0 Å². The van der Waals surface area contributed by atoms with Crippen LogP contribution in [0.1, 0.15) is 38.2 Å². The molecule has 326 valence electrons. The first-order chi connectivity index (χ1) is 25.2. The summed E-state index contributed by atoms with van der Waals surface area (Å²) in [5.41, 5.74) is -7.37. The van der Waals surface area contributed by atoms with Gasteiger partial charge in [0.05, 0.1) is 0 Å². The molecular formula is C30H37Br2F8IN11O6P+4. The van der Waals surface area contributed by atoms with Crippen LogP contribution < -0.4 is 41.0 Å². The fourth-order valence-electron chi connectivity index (χ4n) is 5.28. The van der Waals surface area contributed by atoms with Crippen molar-refractivity contribution in [3.8, 4) is 0 Å². The summed E-state index contributed by atoms with van der Waals surface area (Å²) in [6, 6.07) is 5.67. The number of rotatable bonds is 13. The smallest absolute Gasteiger partial charge is 0.369 e. The Morgan fingerprint density at radius 3 is 1.71 bits per heavy atom. The number of nitrogens with one attached hydrogen (secondary N) is 2. The number of carbonyl (C=O) groups excluding carboxylic acids is 3. The van der Waals surface area contributed by atoms with E-state index in [1.165, 1.54) is 12.1 Å². The number of benzene rings is 3. The SMILES string of the molecule is NC(=O)[C@H](Cc1ccc(C(F)(F)P(=O)(O)O)c(Br)c1)NC(=O)[C@H](Cc1cc(Br)cc(C2(C(F)(F)F)N=N2)c1)NC(=O)c1cc([125I])cc(C2(C(F)(F)F)N=N2)c1.[NH4+].[NH4+].[NH4+].[NH4+]. The van der Waals surface area contributed by atoms with Gasteiger partial charge in [0.15, 0.2) is 0 Å². The third-order valence-corrected chi connectivity index (χ3v) is 10.9. The number of halogens is 11. The van der Waals surface area contributed by atoms with Crippen molar-refractivity contribution in [2.45, 2.75) is 54.3 Å². The first kappa shape index (κ1) is 53.4. The molecule has 0 unspecified atom stereocenters. The molecule has 2 aliphatic heterocycles. The lowest BCUT2D eigenvalue weighted by Gasteiger charge is -2.24. The highest BCUT2D eigenvalue weighted by Gasteiger charge is 2.66. The second-order valence-electron chi connectivity index (χ2n) is 12.1. The van der Waals surface area contributed by atoms with E-state index in [0.29, 0.717) is 6.07 Å². The van der Waals surface area contributed by atoms with Crippen LogP contribution in [-0.4, -0.2) is 51.9 Å².